The Hall–Kier alpha value is -2.04. The fourth-order valence-corrected chi connectivity index (χ4v) is 2.98. The van der Waals surface area contributed by atoms with Crippen LogP contribution in [-0.4, -0.2) is 34.4 Å². The molecular weight excluding hydrogens is 292 g/mol. The number of phenols is 1. The van der Waals surface area contributed by atoms with Crippen molar-refractivity contribution >= 4 is 17.5 Å². The first-order valence-corrected chi connectivity index (χ1v) is 8.19. The summed E-state index contributed by atoms with van der Waals surface area (Å²) in [7, 11) is 0. The van der Waals surface area contributed by atoms with Gasteiger partial charge in [-0.05, 0) is 36.0 Å². The molecule has 2 N–H and O–H groups in total. The van der Waals surface area contributed by atoms with Gasteiger partial charge in [0, 0.05) is 19.0 Å². The first kappa shape index (κ1) is 15.8. The van der Waals surface area contributed by atoms with Gasteiger partial charge in [-0.1, -0.05) is 26.8 Å². The maximum Gasteiger partial charge on any atom is 0.229 e. The third-order valence-electron chi connectivity index (χ3n) is 4.64. The highest BCUT2D eigenvalue weighted by molar-refractivity contribution is 5.98. The summed E-state index contributed by atoms with van der Waals surface area (Å²) in [6.45, 7) is 6.73. The third-order valence-corrected chi connectivity index (χ3v) is 4.64. The number of nitrogens with zero attached hydrogens (tertiary/aromatic N) is 1. The first-order valence-electron chi connectivity index (χ1n) is 8.19. The van der Waals surface area contributed by atoms with Gasteiger partial charge in [0.2, 0.25) is 11.8 Å². The Balaban J connectivity index is 1.72. The first-order chi connectivity index (χ1) is 10.8. The van der Waals surface area contributed by atoms with Crippen LogP contribution in [0, 0.1) is 5.92 Å². The number of benzene rings is 1. The lowest BCUT2D eigenvalue weighted by atomic mass is 9.87. The molecule has 1 aromatic rings. The zero-order valence-electron chi connectivity index (χ0n) is 13.9. The molecule has 3 rings (SSSR count). The number of likely N-dealkylation sites (tertiary alicyclic amines) is 1. The van der Waals surface area contributed by atoms with Crippen molar-refractivity contribution in [1.29, 1.82) is 0 Å². The average molecular weight is 316 g/mol. The molecule has 0 bridgehead atoms. The smallest absolute Gasteiger partial charge is 0.229 e. The SMILES string of the molecule is CC(C)(C)c1ccc(O)c(NC(=O)[C@@H]2CC(=O)N(C3CC3)C2)c1. The van der Waals surface area contributed by atoms with Gasteiger partial charge in [0.05, 0.1) is 11.6 Å². The van der Waals surface area contributed by atoms with E-state index in [1.54, 1.807) is 6.07 Å². The summed E-state index contributed by atoms with van der Waals surface area (Å²) in [5.41, 5.74) is 1.38. The van der Waals surface area contributed by atoms with Gasteiger partial charge in [-0.25, -0.2) is 0 Å². The number of nitrogens with one attached hydrogen (secondary N) is 1. The number of carbonyl (C=O) groups excluding carboxylic acids is 2. The predicted molar refractivity (Wildman–Crippen MR) is 88.3 cm³/mol. The molecule has 5 heteroatoms. The minimum atomic E-state index is -0.333. The monoisotopic (exact) mass is 316 g/mol. The van der Waals surface area contributed by atoms with E-state index in [0.29, 0.717) is 18.3 Å². The summed E-state index contributed by atoms with van der Waals surface area (Å²) < 4.78 is 0. The number of rotatable bonds is 3. The summed E-state index contributed by atoms with van der Waals surface area (Å²) >= 11 is 0. The van der Waals surface area contributed by atoms with Crippen molar-refractivity contribution in [2.75, 3.05) is 11.9 Å². The number of hydrogen-bond acceptors (Lipinski definition) is 3. The predicted octanol–water partition coefficient (Wildman–Crippen LogP) is 2.64. The highest BCUT2D eigenvalue weighted by Crippen LogP contribution is 2.34. The van der Waals surface area contributed by atoms with Crippen molar-refractivity contribution < 1.29 is 14.7 Å². The van der Waals surface area contributed by atoms with E-state index < -0.39 is 0 Å². The average Bonchev–Trinajstić information content (AvgIpc) is 3.22. The topological polar surface area (TPSA) is 69.6 Å². The van der Waals surface area contributed by atoms with Crippen molar-refractivity contribution in [3.05, 3.63) is 23.8 Å². The molecule has 1 saturated heterocycles. The largest absolute Gasteiger partial charge is 0.506 e. The normalized spacial score (nSPS) is 21.6. The van der Waals surface area contributed by atoms with E-state index in [-0.39, 0.29) is 35.3 Å². The number of carbonyl (C=O) groups is 2. The standard InChI is InChI=1S/C18H24N2O3/c1-18(2,3)12-4-7-15(21)14(9-12)19-17(23)11-8-16(22)20(10-11)13-5-6-13/h4,7,9,11,13,21H,5-6,8,10H2,1-3H3,(H,19,23)/t11-/m1/s1. The lowest BCUT2D eigenvalue weighted by Crippen LogP contribution is -2.30. The summed E-state index contributed by atoms with van der Waals surface area (Å²) in [5, 5.41) is 12.8. The molecule has 1 aromatic carbocycles. The van der Waals surface area contributed by atoms with Gasteiger partial charge < -0.3 is 15.3 Å². The second-order valence-electron chi connectivity index (χ2n) is 7.65. The molecule has 2 amide bonds. The number of anilines is 1. The fraction of sp³-hybridized carbons (Fsp3) is 0.556. The summed E-state index contributed by atoms with van der Waals surface area (Å²) in [5.74, 6) is -0.404. The van der Waals surface area contributed by atoms with E-state index in [0.717, 1.165) is 18.4 Å². The summed E-state index contributed by atoms with van der Waals surface area (Å²) in [4.78, 5) is 26.3. The Morgan fingerprint density at radius 3 is 2.61 bits per heavy atom. The Kier molecular flexibility index (Phi) is 3.82. The Morgan fingerprint density at radius 1 is 1.30 bits per heavy atom. The summed E-state index contributed by atoms with van der Waals surface area (Å²) in [6, 6.07) is 5.62. The van der Waals surface area contributed by atoms with Gasteiger partial charge in [0.25, 0.3) is 0 Å². The molecule has 23 heavy (non-hydrogen) atoms. The number of aromatic hydroxyl groups is 1. The van der Waals surface area contributed by atoms with Gasteiger partial charge in [0.15, 0.2) is 0 Å². The van der Waals surface area contributed by atoms with Gasteiger partial charge in [-0.2, -0.15) is 0 Å². The van der Waals surface area contributed by atoms with Crippen LogP contribution in [0.25, 0.3) is 0 Å². The van der Waals surface area contributed by atoms with Gasteiger partial charge in [0.1, 0.15) is 5.75 Å². The molecule has 1 heterocycles. The van der Waals surface area contributed by atoms with Crippen LogP contribution in [0.2, 0.25) is 0 Å². The van der Waals surface area contributed by atoms with E-state index >= 15 is 0 Å². The molecule has 0 aromatic heterocycles. The van der Waals surface area contributed by atoms with Crippen molar-refractivity contribution in [2.45, 2.75) is 51.5 Å². The Morgan fingerprint density at radius 2 is 2.00 bits per heavy atom. The molecule has 0 radical (unpaired) electrons. The van der Waals surface area contributed by atoms with E-state index in [9.17, 15) is 14.7 Å². The number of hydrogen-bond donors (Lipinski definition) is 2. The van der Waals surface area contributed by atoms with E-state index in [1.807, 2.05) is 17.0 Å². The molecule has 2 fully saturated rings. The van der Waals surface area contributed by atoms with E-state index in [2.05, 4.69) is 26.1 Å². The maximum absolute atomic E-state index is 12.5. The highest BCUT2D eigenvalue weighted by atomic mass is 16.3. The summed E-state index contributed by atoms with van der Waals surface area (Å²) in [6.07, 6.45) is 2.37. The quantitative estimate of drug-likeness (QED) is 0.842. The van der Waals surface area contributed by atoms with Crippen LogP contribution in [0.1, 0.15) is 45.6 Å². The second-order valence-corrected chi connectivity index (χ2v) is 7.65. The van der Waals surface area contributed by atoms with Crippen LogP contribution in [0.4, 0.5) is 5.69 Å². The molecular formula is C18H24N2O3. The molecule has 2 aliphatic rings. The molecule has 1 aliphatic heterocycles. The number of amides is 2. The zero-order chi connectivity index (χ0) is 16.8. The highest BCUT2D eigenvalue weighted by Gasteiger charge is 2.41. The van der Waals surface area contributed by atoms with Crippen molar-refractivity contribution in [1.82, 2.24) is 4.90 Å². The van der Waals surface area contributed by atoms with Gasteiger partial charge in [-0.15, -0.1) is 0 Å². The van der Waals surface area contributed by atoms with Crippen LogP contribution in [0.3, 0.4) is 0 Å². The molecule has 1 saturated carbocycles. The van der Waals surface area contributed by atoms with Crippen LogP contribution >= 0.6 is 0 Å². The third kappa shape index (κ3) is 3.33. The zero-order valence-corrected chi connectivity index (χ0v) is 13.9. The molecule has 5 nitrogen and oxygen atoms in total. The molecule has 1 atom stereocenters. The van der Waals surface area contributed by atoms with E-state index in [4.69, 9.17) is 0 Å². The van der Waals surface area contributed by atoms with Crippen LogP contribution < -0.4 is 5.32 Å². The van der Waals surface area contributed by atoms with Crippen molar-refractivity contribution in [3.8, 4) is 5.75 Å². The van der Waals surface area contributed by atoms with Crippen LogP contribution in [0.15, 0.2) is 18.2 Å². The Labute approximate surface area is 136 Å². The van der Waals surface area contributed by atoms with Crippen molar-refractivity contribution in [2.24, 2.45) is 5.92 Å². The molecule has 0 spiro atoms. The maximum atomic E-state index is 12.5. The molecule has 1 aliphatic carbocycles. The lowest BCUT2D eigenvalue weighted by Gasteiger charge is -2.21. The van der Waals surface area contributed by atoms with Crippen LogP contribution in [-0.2, 0) is 15.0 Å². The lowest BCUT2D eigenvalue weighted by molar-refractivity contribution is -0.128. The molecule has 0 unspecified atom stereocenters. The van der Waals surface area contributed by atoms with Crippen molar-refractivity contribution in [3.63, 3.8) is 0 Å². The second kappa shape index (κ2) is 5.55. The molecule has 124 valence electrons. The minimum absolute atomic E-state index is 0.0507. The van der Waals surface area contributed by atoms with Crippen LogP contribution in [0.5, 0.6) is 5.75 Å². The number of phenolic OH excluding ortho intramolecular Hbond substituents is 1. The van der Waals surface area contributed by atoms with E-state index in [1.165, 1.54) is 0 Å². The van der Waals surface area contributed by atoms with Gasteiger partial charge in [-0.3, -0.25) is 9.59 Å². The fourth-order valence-electron chi connectivity index (χ4n) is 2.98. The Bertz CT molecular complexity index is 644. The van der Waals surface area contributed by atoms with Gasteiger partial charge >= 0.3 is 0 Å². The minimum Gasteiger partial charge on any atom is -0.506 e.